The topological polar surface area (TPSA) is 87.7 Å². The molecular weight excluding hydrogens is 192 g/mol. The van der Waals surface area contributed by atoms with Crippen LogP contribution < -0.4 is 4.72 Å². The smallest absolute Gasteiger partial charge is 0.235 e. The minimum atomic E-state index is -3.29. The van der Waals surface area contributed by atoms with Crippen LogP contribution in [0.15, 0.2) is 6.33 Å². The SMILES string of the molecule is CC(C)CS(=O)(=O)Nc1ncn[nH]1. The van der Waals surface area contributed by atoms with Gasteiger partial charge < -0.3 is 0 Å². The minimum absolute atomic E-state index is 0.0771. The van der Waals surface area contributed by atoms with Crippen LogP contribution >= 0.6 is 0 Å². The van der Waals surface area contributed by atoms with Crippen molar-refractivity contribution in [1.29, 1.82) is 0 Å². The third kappa shape index (κ3) is 3.41. The van der Waals surface area contributed by atoms with Gasteiger partial charge in [-0.2, -0.15) is 10.1 Å². The van der Waals surface area contributed by atoms with Crippen LogP contribution in [0.25, 0.3) is 0 Å². The predicted octanol–water partition coefficient (Wildman–Crippen LogP) is 0.202. The molecule has 0 amide bonds. The van der Waals surface area contributed by atoms with E-state index in [1.165, 1.54) is 6.33 Å². The highest BCUT2D eigenvalue weighted by atomic mass is 32.2. The van der Waals surface area contributed by atoms with Gasteiger partial charge in [-0.05, 0) is 5.92 Å². The highest BCUT2D eigenvalue weighted by molar-refractivity contribution is 7.92. The molecule has 7 heteroatoms. The monoisotopic (exact) mass is 204 g/mol. The van der Waals surface area contributed by atoms with Crippen LogP contribution in [0.4, 0.5) is 5.95 Å². The van der Waals surface area contributed by atoms with Crippen LogP contribution in [0.5, 0.6) is 0 Å². The van der Waals surface area contributed by atoms with E-state index in [2.05, 4.69) is 19.9 Å². The van der Waals surface area contributed by atoms with Crippen LogP contribution in [0.2, 0.25) is 0 Å². The molecule has 1 rings (SSSR count). The van der Waals surface area contributed by atoms with Crippen LogP contribution in [0, 0.1) is 5.92 Å². The van der Waals surface area contributed by atoms with Crippen molar-refractivity contribution in [3.05, 3.63) is 6.33 Å². The first-order valence-electron chi connectivity index (χ1n) is 3.85. The third-order valence-corrected chi connectivity index (χ3v) is 2.83. The Bertz CT molecular complexity index is 343. The van der Waals surface area contributed by atoms with E-state index < -0.39 is 10.0 Å². The van der Waals surface area contributed by atoms with Gasteiger partial charge in [-0.15, -0.1) is 0 Å². The molecule has 0 radical (unpaired) electrons. The summed E-state index contributed by atoms with van der Waals surface area (Å²) < 4.78 is 24.9. The molecule has 0 aliphatic carbocycles. The fourth-order valence-corrected chi connectivity index (χ4v) is 2.24. The van der Waals surface area contributed by atoms with Gasteiger partial charge in [-0.1, -0.05) is 13.8 Å². The van der Waals surface area contributed by atoms with E-state index in [1.54, 1.807) is 0 Å². The van der Waals surface area contributed by atoms with E-state index in [1.807, 2.05) is 13.8 Å². The lowest BCUT2D eigenvalue weighted by Gasteiger charge is -2.06. The second-order valence-corrected chi connectivity index (χ2v) is 4.88. The first-order chi connectivity index (χ1) is 5.99. The number of hydrogen-bond donors (Lipinski definition) is 2. The molecule has 74 valence electrons. The molecule has 0 saturated carbocycles. The lowest BCUT2D eigenvalue weighted by Crippen LogP contribution is -2.20. The van der Waals surface area contributed by atoms with Crippen LogP contribution in [-0.2, 0) is 10.0 Å². The van der Waals surface area contributed by atoms with E-state index in [0.29, 0.717) is 0 Å². The van der Waals surface area contributed by atoms with E-state index in [0.717, 1.165) is 0 Å². The van der Waals surface area contributed by atoms with Gasteiger partial charge in [0.05, 0.1) is 5.75 Å². The Hall–Kier alpha value is -1.11. The summed E-state index contributed by atoms with van der Waals surface area (Å²) >= 11 is 0. The van der Waals surface area contributed by atoms with Gasteiger partial charge in [0.15, 0.2) is 0 Å². The molecule has 0 fully saturated rings. The Kier molecular flexibility index (Phi) is 2.86. The first kappa shape index (κ1) is 9.97. The van der Waals surface area contributed by atoms with Gasteiger partial charge in [0, 0.05) is 0 Å². The largest absolute Gasteiger partial charge is 0.252 e. The van der Waals surface area contributed by atoms with Crippen molar-refractivity contribution in [1.82, 2.24) is 15.2 Å². The zero-order valence-corrected chi connectivity index (χ0v) is 8.30. The number of nitrogens with one attached hydrogen (secondary N) is 2. The summed E-state index contributed by atoms with van der Waals surface area (Å²) in [5.41, 5.74) is 0. The van der Waals surface area contributed by atoms with Gasteiger partial charge in [-0.25, -0.2) is 13.5 Å². The Morgan fingerprint density at radius 2 is 2.31 bits per heavy atom. The van der Waals surface area contributed by atoms with Gasteiger partial charge in [0.2, 0.25) is 16.0 Å². The molecule has 0 aliphatic rings. The van der Waals surface area contributed by atoms with Crippen LogP contribution in [0.1, 0.15) is 13.8 Å². The average molecular weight is 204 g/mol. The van der Waals surface area contributed by atoms with Crippen molar-refractivity contribution in [2.45, 2.75) is 13.8 Å². The summed E-state index contributed by atoms with van der Waals surface area (Å²) in [6.07, 6.45) is 1.24. The van der Waals surface area contributed by atoms with Crippen molar-refractivity contribution >= 4 is 16.0 Å². The maximum absolute atomic E-state index is 11.3. The lowest BCUT2D eigenvalue weighted by atomic mass is 10.3. The van der Waals surface area contributed by atoms with E-state index in [-0.39, 0.29) is 17.6 Å². The fraction of sp³-hybridized carbons (Fsp3) is 0.667. The number of anilines is 1. The summed E-state index contributed by atoms with van der Waals surface area (Å²) in [7, 11) is -3.29. The zero-order chi connectivity index (χ0) is 9.90. The molecule has 6 nitrogen and oxygen atoms in total. The van der Waals surface area contributed by atoms with Crippen molar-refractivity contribution in [2.75, 3.05) is 10.5 Å². The van der Waals surface area contributed by atoms with Gasteiger partial charge in [-0.3, -0.25) is 4.72 Å². The average Bonchev–Trinajstić information content (AvgIpc) is 2.34. The lowest BCUT2D eigenvalue weighted by molar-refractivity contribution is 0.587. The number of aromatic amines is 1. The molecular formula is C6H12N4O2S. The number of sulfonamides is 1. The summed E-state index contributed by atoms with van der Waals surface area (Å²) in [6, 6.07) is 0. The Labute approximate surface area is 76.8 Å². The van der Waals surface area contributed by atoms with Crippen molar-refractivity contribution in [3.63, 3.8) is 0 Å². The van der Waals surface area contributed by atoms with Gasteiger partial charge in [0.25, 0.3) is 0 Å². The Morgan fingerprint density at radius 3 is 2.77 bits per heavy atom. The molecule has 2 N–H and O–H groups in total. The number of aromatic nitrogens is 3. The summed E-state index contributed by atoms with van der Waals surface area (Å²) in [5, 5.41) is 5.94. The molecule has 0 bridgehead atoms. The highest BCUT2D eigenvalue weighted by Crippen LogP contribution is 2.03. The number of H-pyrrole nitrogens is 1. The molecule has 0 spiro atoms. The Balaban J connectivity index is 2.63. The minimum Gasteiger partial charge on any atom is -0.252 e. The van der Waals surface area contributed by atoms with E-state index in [9.17, 15) is 8.42 Å². The second-order valence-electron chi connectivity index (χ2n) is 3.11. The standard InChI is InChI=1S/C6H12N4O2S/c1-5(2)3-13(11,12)10-6-7-4-8-9-6/h4-5H,3H2,1-2H3,(H2,7,8,9,10). The number of rotatable bonds is 4. The van der Waals surface area contributed by atoms with Gasteiger partial charge in [0.1, 0.15) is 6.33 Å². The van der Waals surface area contributed by atoms with Crippen LogP contribution in [-0.4, -0.2) is 29.4 Å². The fourth-order valence-electron chi connectivity index (χ4n) is 0.882. The summed E-state index contributed by atoms with van der Waals surface area (Å²) in [6.45, 7) is 3.67. The summed E-state index contributed by atoms with van der Waals surface area (Å²) in [5.74, 6) is 0.314. The molecule has 0 saturated heterocycles. The molecule has 13 heavy (non-hydrogen) atoms. The maximum Gasteiger partial charge on any atom is 0.235 e. The highest BCUT2D eigenvalue weighted by Gasteiger charge is 2.13. The molecule has 0 aliphatic heterocycles. The normalized spacial score (nSPS) is 11.9. The molecule has 1 aromatic heterocycles. The molecule has 1 heterocycles. The molecule has 0 aromatic carbocycles. The molecule has 0 atom stereocenters. The van der Waals surface area contributed by atoms with E-state index >= 15 is 0 Å². The molecule has 1 aromatic rings. The number of hydrogen-bond acceptors (Lipinski definition) is 4. The summed E-state index contributed by atoms with van der Waals surface area (Å²) in [4.78, 5) is 3.65. The third-order valence-electron chi connectivity index (χ3n) is 1.22. The predicted molar refractivity (Wildman–Crippen MR) is 48.6 cm³/mol. The van der Waals surface area contributed by atoms with Crippen molar-refractivity contribution in [3.8, 4) is 0 Å². The quantitative estimate of drug-likeness (QED) is 0.733. The second kappa shape index (κ2) is 3.73. The van der Waals surface area contributed by atoms with E-state index in [4.69, 9.17) is 0 Å². The van der Waals surface area contributed by atoms with Gasteiger partial charge >= 0.3 is 0 Å². The Morgan fingerprint density at radius 1 is 1.62 bits per heavy atom. The van der Waals surface area contributed by atoms with Crippen molar-refractivity contribution < 1.29 is 8.42 Å². The molecule has 0 unspecified atom stereocenters. The first-order valence-corrected chi connectivity index (χ1v) is 5.50. The number of nitrogens with zero attached hydrogens (tertiary/aromatic N) is 2. The van der Waals surface area contributed by atoms with Crippen molar-refractivity contribution in [2.24, 2.45) is 5.92 Å². The van der Waals surface area contributed by atoms with Crippen LogP contribution in [0.3, 0.4) is 0 Å². The maximum atomic E-state index is 11.3. The zero-order valence-electron chi connectivity index (χ0n) is 7.48.